The lowest BCUT2D eigenvalue weighted by atomic mass is 10.2. The van der Waals surface area contributed by atoms with Gasteiger partial charge in [-0.1, -0.05) is 6.07 Å². The molecule has 6 heteroatoms. The van der Waals surface area contributed by atoms with E-state index in [1.54, 1.807) is 12.1 Å². The molecule has 26 heavy (non-hydrogen) atoms. The number of nitrogens with one attached hydrogen (secondary N) is 2. The molecule has 2 aromatic carbocycles. The predicted octanol–water partition coefficient (Wildman–Crippen LogP) is 3.87. The fraction of sp³-hybridized carbons (Fsp3) is 0.350. The topological polar surface area (TPSA) is 59.6 Å². The molecule has 1 aliphatic carbocycles. The van der Waals surface area contributed by atoms with Crippen LogP contribution in [0.3, 0.4) is 0 Å². The number of carbonyl (C=O) groups is 1. The van der Waals surface area contributed by atoms with Crippen LogP contribution in [0.4, 0.5) is 10.1 Å². The fourth-order valence-electron chi connectivity index (χ4n) is 2.56. The Morgan fingerprint density at radius 1 is 1.15 bits per heavy atom. The second-order valence-corrected chi connectivity index (χ2v) is 6.52. The van der Waals surface area contributed by atoms with Crippen molar-refractivity contribution in [1.29, 1.82) is 0 Å². The first kappa shape index (κ1) is 18.2. The van der Waals surface area contributed by atoms with Gasteiger partial charge in [0.05, 0.1) is 13.7 Å². The predicted molar refractivity (Wildman–Crippen MR) is 98.4 cm³/mol. The monoisotopic (exact) mass is 358 g/mol. The molecular weight excluding hydrogens is 335 g/mol. The van der Waals surface area contributed by atoms with E-state index in [1.807, 2.05) is 19.1 Å². The maximum atomic E-state index is 14.3. The molecule has 1 amide bonds. The van der Waals surface area contributed by atoms with Crippen molar-refractivity contribution >= 4 is 11.6 Å². The summed E-state index contributed by atoms with van der Waals surface area (Å²) in [6.07, 6.45) is 2.46. The van der Waals surface area contributed by atoms with Crippen molar-refractivity contribution in [2.45, 2.75) is 19.8 Å². The zero-order valence-electron chi connectivity index (χ0n) is 15.0. The van der Waals surface area contributed by atoms with Crippen LogP contribution in [0.25, 0.3) is 0 Å². The fourth-order valence-corrected chi connectivity index (χ4v) is 2.56. The number of benzene rings is 2. The van der Waals surface area contributed by atoms with Gasteiger partial charge in [-0.25, -0.2) is 4.39 Å². The second-order valence-electron chi connectivity index (χ2n) is 6.52. The molecule has 0 radical (unpaired) electrons. The molecule has 0 saturated heterocycles. The van der Waals surface area contributed by atoms with E-state index < -0.39 is 5.82 Å². The van der Waals surface area contributed by atoms with Gasteiger partial charge in [-0.2, -0.15) is 0 Å². The maximum Gasteiger partial charge on any atom is 0.238 e. The van der Waals surface area contributed by atoms with E-state index in [9.17, 15) is 9.18 Å². The van der Waals surface area contributed by atoms with Crippen molar-refractivity contribution in [3.8, 4) is 17.2 Å². The molecule has 138 valence electrons. The summed E-state index contributed by atoms with van der Waals surface area (Å²) in [6.45, 7) is 3.01. The van der Waals surface area contributed by atoms with Gasteiger partial charge in [0.2, 0.25) is 5.91 Å². The van der Waals surface area contributed by atoms with Gasteiger partial charge in [-0.3, -0.25) is 4.79 Å². The van der Waals surface area contributed by atoms with Gasteiger partial charge in [-0.05, 0) is 62.1 Å². The zero-order chi connectivity index (χ0) is 18.5. The largest absolute Gasteiger partial charge is 0.493 e. The van der Waals surface area contributed by atoms with Crippen molar-refractivity contribution in [2.24, 2.45) is 5.92 Å². The summed E-state index contributed by atoms with van der Waals surface area (Å²) in [4.78, 5) is 11.9. The summed E-state index contributed by atoms with van der Waals surface area (Å²) in [6, 6.07) is 9.75. The van der Waals surface area contributed by atoms with Crippen LogP contribution in [-0.4, -0.2) is 26.1 Å². The smallest absolute Gasteiger partial charge is 0.238 e. The minimum absolute atomic E-state index is 0.0667. The van der Waals surface area contributed by atoms with Crippen LogP contribution < -0.4 is 20.1 Å². The number of hydrogen-bond acceptors (Lipinski definition) is 4. The third-order valence-corrected chi connectivity index (χ3v) is 4.17. The molecule has 1 saturated carbocycles. The molecule has 0 heterocycles. The highest BCUT2D eigenvalue weighted by Crippen LogP contribution is 2.34. The van der Waals surface area contributed by atoms with E-state index in [2.05, 4.69) is 10.6 Å². The van der Waals surface area contributed by atoms with Crippen LogP contribution in [0.15, 0.2) is 36.4 Å². The number of hydrogen-bond donors (Lipinski definition) is 2. The second kappa shape index (κ2) is 8.19. The number of carbonyl (C=O) groups excluding carboxylic acids is 1. The van der Waals surface area contributed by atoms with Crippen LogP contribution in [0.2, 0.25) is 0 Å². The highest BCUT2D eigenvalue weighted by molar-refractivity contribution is 5.92. The Bertz CT molecular complexity index is 791. The average molecular weight is 358 g/mol. The van der Waals surface area contributed by atoms with E-state index in [1.165, 1.54) is 32.1 Å². The molecule has 2 aromatic rings. The number of amides is 1. The van der Waals surface area contributed by atoms with Gasteiger partial charge in [0.1, 0.15) is 0 Å². The summed E-state index contributed by atoms with van der Waals surface area (Å²) in [5.74, 6) is 0.976. The minimum Gasteiger partial charge on any atom is -0.493 e. The van der Waals surface area contributed by atoms with Crippen molar-refractivity contribution in [2.75, 3.05) is 25.5 Å². The lowest BCUT2D eigenvalue weighted by molar-refractivity contribution is -0.115. The molecule has 5 nitrogen and oxygen atoms in total. The Labute approximate surface area is 152 Å². The van der Waals surface area contributed by atoms with Crippen molar-refractivity contribution in [3.05, 3.63) is 47.8 Å². The molecule has 1 fully saturated rings. The summed E-state index contributed by atoms with van der Waals surface area (Å²) >= 11 is 0. The van der Waals surface area contributed by atoms with Crippen LogP contribution in [0.1, 0.15) is 18.4 Å². The van der Waals surface area contributed by atoms with Crippen LogP contribution in [-0.2, 0) is 4.79 Å². The van der Waals surface area contributed by atoms with E-state index in [-0.39, 0.29) is 18.2 Å². The Morgan fingerprint density at radius 2 is 1.92 bits per heavy atom. The average Bonchev–Trinajstić information content (AvgIpc) is 3.43. The summed E-state index contributed by atoms with van der Waals surface area (Å²) in [5.41, 5.74) is 1.41. The van der Waals surface area contributed by atoms with Crippen molar-refractivity contribution < 1.29 is 18.7 Å². The maximum absolute atomic E-state index is 14.3. The first-order chi connectivity index (χ1) is 12.5. The Morgan fingerprint density at radius 3 is 2.62 bits per heavy atom. The van der Waals surface area contributed by atoms with Gasteiger partial charge < -0.3 is 20.1 Å². The number of halogens is 1. The number of methoxy groups -OCH3 is 1. The third kappa shape index (κ3) is 4.95. The molecule has 0 bridgehead atoms. The van der Waals surface area contributed by atoms with Crippen molar-refractivity contribution in [1.82, 2.24) is 5.32 Å². The molecular formula is C20H23FN2O3. The molecule has 0 atom stereocenters. The van der Waals surface area contributed by atoms with E-state index in [4.69, 9.17) is 9.47 Å². The first-order valence-electron chi connectivity index (χ1n) is 8.68. The SMILES string of the molecule is COc1cc(C)ccc1Oc1ccc(NC(=O)CNCC2CC2)cc1F. The van der Waals surface area contributed by atoms with Crippen LogP contribution >= 0.6 is 0 Å². The van der Waals surface area contributed by atoms with Gasteiger partial charge in [-0.15, -0.1) is 0 Å². The van der Waals surface area contributed by atoms with Crippen molar-refractivity contribution in [3.63, 3.8) is 0 Å². The summed E-state index contributed by atoms with van der Waals surface area (Å²) in [5, 5.41) is 5.78. The Hall–Kier alpha value is -2.60. The molecule has 0 unspecified atom stereocenters. The summed E-state index contributed by atoms with van der Waals surface area (Å²) < 4.78 is 25.2. The van der Waals surface area contributed by atoms with Gasteiger partial charge in [0.25, 0.3) is 0 Å². The molecule has 0 aromatic heterocycles. The zero-order valence-corrected chi connectivity index (χ0v) is 15.0. The standard InChI is InChI=1S/C20H23FN2O3/c1-13-3-7-18(19(9-13)25-2)26-17-8-6-15(10-16(17)21)23-20(24)12-22-11-14-4-5-14/h3,6-10,14,22H,4-5,11-12H2,1-2H3,(H,23,24). The minimum atomic E-state index is -0.559. The number of aryl methyl sites for hydroxylation is 1. The molecule has 1 aliphatic rings. The van der Waals surface area contributed by atoms with Crippen LogP contribution in [0, 0.1) is 18.7 Å². The highest BCUT2D eigenvalue weighted by Gasteiger charge is 2.20. The Balaban J connectivity index is 1.60. The summed E-state index contributed by atoms with van der Waals surface area (Å²) in [7, 11) is 1.54. The number of anilines is 1. The van der Waals surface area contributed by atoms with Gasteiger partial charge >= 0.3 is 0 Å². The van der Waals surface area contributed by atoms with E-state index in [0.29, 0.717) is 23.1 Å². The lowest BCUT2D eigenvalue weighted by Gasteiger charge is -2.12. The number of ether oxygens (including phenoxy) is 2. The lowest BCUT2D eigenvalue weighted by Crippen LogP contribution is -2.29. The molecule has 0 spiro atoms. The van der Waals surface area contributed by atoms with E-state index in [0.717, 1.165) is 12.1 Å². The highest BCUT2D eigenvalue weighted by atomic mass is 19.1. The molecule has 3 rings (SSSR count). The quantitative estimate of drug-likeness (QED) is 0.752. The third-order valence-electron chi connectivity index (χ3n) is 4.17. The molecule has 2 N–H and O–H groups in total. The number of rotatable bonds is 8. The van der Waals surface area contributed by atoms with E-state index >= 15 is 0 Å². The van der Waals surface area contributed by atoms with Gasteiger partial charge in [0.15, 0.2) is 23.1 Å². The molecule has 0 aliphatic heterocycles. The van der Waals surface area contributed by atoms with Crippen LogP contribution in [0.5, 0.6) is 17.2 Å². The Kier molecular flexibility index (Phi) is 5.73. The van der Waals surface area contributed by atoms with Gasteiger partial charge in [0, 0.05) is 11.8 Å². The first-order valence-corrected chi connectivity index (χ1v) is 8.68. The normalized spacial score (nSPS) is 13.3.